The molecule has 3 aromatic heterocycles. The Hall–Kier alpha value is -2.06. The van der Waals surface area contributed by atoms with Crippen molar-refractivity contribution in [3.05, 3.63) is 23.3 Å². The van der Waals surface area contributed by atoms with Gasteiger partial charge in [-0.1, -0.05) is 41.5 Å². The van der Waals surface area contributed by atoms with Gasteiger partial charge >= 0.3 is 0 Å². The Bertz CT molecular complexity index is 977. The summed E-state index contributed by atoms with van der Waals surface area (Å²) in [5.74, 6) is 1.11. The van der Waals surface area contributed by atoms with Gasteiger partial charge in [0.05, 0.1) is 13.2 Å². The summed E-state index contributed by atoms with van der Waals surface area (Å²) in [5, 5.41) is 16.9. The van der Waals surface area contributed by atoms with Crippen LogP contribution in [0.15, 0.2) is 17.5 Å². The van der Waals surface area contributed by atoms with E-state index < -0.39 is 0 Å². The summed E-state index contributed by atoms with van der Waals surface area (Å²) in [6, 6.07) is 3.96. The third-order valence-electron chi connectivity index (χ3n) is 5.31. The fourth-order valence-electron chi connectivity index (χ4n) is 4.48. The van der Waals surface area contributed by atoms with Crippen LogP contribution in [0, 0.1) is 10.8 Å². The Labute approximate surface area is 176 Å². The van der Waals surface area contributed by atoms with Gasteiger partial charge in [0.25, 0.3) is 0 Å². The molecule has 4 heterocycles. The lowest BCUT2D eigenvalue weighted by Crippen LogP contribution is -2.36. The quantitative estimate of drug-likeness (QED) is 0.638. The second-order valence-electron chi connectivity index (χ2n) is 9.83. The summed E-state index contributed by atoms with van der Waals surface area (Å²) in [7, 11) is 0. The number of thiazole rings is 1. The van der Waals surface area contributed by atoms with Crippen molar-refractivity contribution in [1.29, 1.82) is 0 Å². The highest BCUT2D eigenvalue weighted by atomic mass is 32.1. The lowest BCUT2D eigenvalue weighted by Gasteiger charge is -2.39. The van der Waals surface area contributed by atoms with Crippen LogP contribution < -0.4 is 4.90 Å². The second kappa shape index (κ2) is 7.32. The maximum Gasteiger partial charge on any atom is 0.186 e. The molecule has 0 atom stereocenters. The van der Waals surface area contributed by atoms with Gasteiger partial charge in [0, 0.05) is 24.4 Å². The zero-order valence-electron chi connectivity index (χ0n) is 18.1. The number of anilines is 1. The molecule has 156 valence electrons. The third kappa shape index (κ3) is 4.00. The van der Waals surface area contributed by atoms with Crippen LogP contribution in [0.2, 0.25) is 0 Å². The minimum absolute atomic E-state index is 0.0308. The van der Waals surface area contributed by atoms with Gasteiger partial charge in [-0.05, 0) is 23.0 Å². The van der Waals surface area contributed by atoms with E-state index >= 15 is 0 Å². The molecule has 7 nitrogen and oxygen atoms in total. The smallest absolute Gasteiger partial charge is 0.186 e. The molecule has 29 heavy (non-hydrogen) atoms. The Balaban J connectivity index is 1.73. The average molecular weight is 415 g/mol. The largest absolute Gasteiger partial charge is 0.378 e. The molecular weight excluding hydrogens is 384 g/mol. The van der Waals surface area contributed by atoms with Crippen LogP contribution in [0.4, 0.5) is 5.13 Å². The molecule has 1 aliphatic heterocycles. The summed E-state index contributed by atoms with van der Waals surface area (Å²) >= 11 is 1.66. The van der Waals surface area contributed by atoms with Crippen LogP contribution in [0.25, 0.3) is 17.0 Å². The highest BCUT2D eigenvalue weighted by Crippen LogP contribution is 2.46. The molecule has 0 unspecified atom stereocenters. The summed E-state index contributed by atoms with van der Waals surface area (Å²) in [6.45, 7) is 16.8. The molecule has 8 heteroatoms. The predicted octanol–water partition coefficient (Wildman–Crippen LogP) is 4.26. The molecule has 0 N–H and O–H groups in total. The standard InChI is InChI=1S/C21H30N6OS/c1-20(2,3)17(21(4,5)6)18-24-23-16-8-7-14(25-27(16)18)15-13-29-19(22-15)26-9-11-28-12-10-26/h7-8,13,17H,9-12H2,1-6H3. The number of morpholine rings is 1. The van der Waals surface area contributed by atoms with Crippen molar-refractivity contribution in [3.63, 3.8) is 0 Å². The van der Waals surface area contributed by atoms with Crippen LogP contribution >= 0.6 is 11.3 Å². The maximum atomic E-state index is 5.45. The van der Waals surface area contributed by atoms with Crippen molar-refractivity contribution >= 4 is 22.1 Å². The topological polar surface area (TPSA) is 68.4 Å². The number of hydrogen-bond donors (Lipinski definition) is 0. The number of fused-ring (bicyclic) bond motifs is 1. The molecular formula is C21H30N6OS. The normalized spacial score (nSPS) is 16.2. The SMILES string of the molecule is CC(C)(C)C(c1nnc2ccc(-c3csc(N4CCOCC4)n3)nn12)C(C)(C)C. The van der Waals surface area contributed by atoms with E-state index in [9.17, 15) is 0 Å². The molecule has 0 aromatic carbocycles. The molecule has 1 fully saturated rings. The fraction of sp³-hybridized carbons (Fsp3) is 0.619. The first-order valence-corrected chi connectivity index (χ1v) is 11.0. The molecule has 0 saturated carbocycles. The van der Waals surface area contributed by atoms with Crippen LogP contribution in [-0.2, 0) is 4.74 Å². The van der Waals surface area contributed by atoms with Crippen molar-refractivity contribution < 1.29 is 4.74 Å². The third-order valence-corrected chi connectivity index (χ3v) is 6.21. The van der Waals surface area contributed by atoms with E-state index in [2.05, 4.69) is 62.0 Å². The van der Waals surface area contributed by atoms with Crippen molar-refractivity contribution in [2.75, 3.05) is 31.2 Å². The van der Waals surface area contributed by atoms with Gasteiger partial charge in [-0.2, -0.15) is 9.61 Å². The zero-order valence-corrected chi connectivity index (χ0v) is 19.0. The number of rotatable bonds is 3. The molecule has 1 saturated heterocycles. The Kier molecular flexibility index (Phi) is 5.11. The highest BCUT2D eigenvalue weighted by molar-refractivity contribution is 7.14. The van der Waals surface area contributed by atoms with Gasteiger partial charge < -0.3 is 9.64 Å². The number of ether oxygens (including phenoxy) is 1. The summed E-state index contributed by atoms with van der Waals surface area (Å²) in [4.78, 5) is 7.11. The Morgan fingerprint density at radius 2 is 1.66 bits per heavy atom. The van der Waals surface area contributed by atoms with Gasteiger partial charge in [-0.25, -0.2) is 4.98 Å². The first-order valence-electron chi connectivity index (χ1n) is 10.2. The molecule has 1 aliphatic rings. The van der Waals surface area contributed by atoms with E-state index in [4.69, 9.17) is 14.8 Å². The van der Waals surface area contributed by atoms with E-state index in [1.165, 1.54) is 0 Å². The maximum absolute atomic E-state index is 5.45. The van der Waals surface area contributed by atoms with Gasteiger partial charge in [-0.15, -0.1) is 21.5 Å². The molecule has 3 aromatic rings. The van der Waals surface area contributed by atoms with Crippen molar-refractivity contribution in [2.24, 2.45) is 10.8 Å². The van der Waals surface area contributed by atoms with Crippen LogP contribution in [-0.4, -0.2) is 51.1 Å². The molecule has 0 spiro atoms. The lowest BCUT2D eigenvalue weighted by molar-refractivity contribution is 0.122. The summed E-state index contributed by atoms with van der Waals surface area (Å²) in [6.07, 6.45) is 0. The van der Waals surface area contributed by atoms with Crippen LogP contribution in [0.1, 0.15) is 53.3 Å². The minimum atomic E-state index is 0.0308. The van der Waals surface area contributed by atoms with Crippen molar-refractivity contribution in [1.82, 2.24) is 24.8 Å². The first kappa shape index (κ1) is 20.2. The summed E-state index contributed by atoms with van der Waals surface area (Å²) in [5.41, 5.74) is 2.56. The van der Waals surface area contributed by atoms with Crippen molar-refractivity contribution in [2.45, 2.75) is 47.5 Å². The lowest BCUT2D eigenvalue weighted by atomic mass is 9.66. The van der Waals surface area contributed by atoms with E-state index in [0.29, 0.717) is 0 Å². The number of hydrogen-bond acceptors (Lipinski definition) is 7. The number of aromatic nitrogens is 5. The first-order chi connectivity index (χ1) is 13.6. The molecule has 0 amide bonds. The second-order valence-corrected chi connectivity index (χ2v) is 10.7. The molecule has 4 rings (SSSR count). The zero-order chi connectivity index (χ0) is 20.8. The predicted molar refractivity (Wildman–Crippen MR) is 117 cm³/mol. The van der Waals surface area contributed by atoms with E-state index in [0.717, 1.165) is 54.3 Å². The molecule has 0 radical (unpaired) electrons. The minimum Gasteiger partial charge on any atom is -0.378 e. The van der Waals surface area contributed by atoms with Crippen LogP contribution in [0.5, 0.6) is 0 Å². The monoisotopic (exact) mass is 414 g/mol. The van der Waals surface area contributed by atoms with Crippen molar-refractivity contribution in [3.8, 4) is 11.4 Å². The Morgan fingerprint density at radius 1 is 0.966 bits per heavy atom. The van der Waals surface area contributed by atoms with E-state index in [-0.39, 0.29) is 16.7 Å². The fourth-order valence-corrected chi connectivity index (χ4v) is 5.35. The summed E-state index contributed by atoms with van der Waals surface area (Å²) < 4.78 is 7.35. The van der Waals surface area contributed by atoms with Gasteiger partial charge in [0.15, 0.2) is 16.6 Å². The van der Waals surface area contributed by atoms with Crippen LogP contribution in [0.3, 0.4) is 0 Å². The van der Waals surface area contributed by atoms with Gasteiger partial charge in [-0.3, -0.25) is 0 Å². The molecule has 0 aliphatic carbocycles. The van der Waals surface area contributed by atoms with E-state index in [1.54, 1.807) is 11.3 Å². The average Bonchev–Trinajstić information content (AvgIpc) is 3.28. The van der Waals surface area contributed by atoms with E-state index in [1.807, 2.05) is 16.6 Å². The van der Waals surface area contributed by atoms with Gasteiger partial charge in [0.1, 0.15) is 11.4 Å². The van der Waals surface area contributed by atoms with Gasteiger partial charge in [0.2, 0.25) is 0 Å². The molecule has 0 bridgehead atoms. The highest BCUT2D eigenvalue weighted by Gasteiger charge is 2.39. The number of nitrogens with zero attached hydrogens (tertiary/aromatic N) is 6. The Morgan fingerprint density at radius 3 is 2.31 bits per heavy atom.